The average molecular weight is 342 g/mol. The van der Waals surface area contributed by atoms with Crippen LogP contribution in [0, 0.1) is 0 Å². The molecular weight excluding hydrogens is 325 g/mol. The molecule has 130 valence electrons. The maximum atomic E-state index is 13.3. The lowest BCUT2D eigenvalue weighted by Gasteiger charge is -2.25. The summed E-state index contributed by atoms with van der Waals surface area (Å²) in [4.78, 5) is 20.5. The van der Waals surface area contributed by atoms with Crippen LogP contribution in [0.2, 0.25) is 0 Å². The number of nitrogens with zero attached hydrogens (tertiary/aromatic N) is 5. The lowest BCUT2D eigenvalue weighted by atomic mass is 10.1. The topological polar surface area (TPSA) is 75.9 Å². The predicted octanol–water partition coefficient (Wildman–Crippen LogP) is 2.63. The molecule has 0 saturated carbocycles. The second kappa shape index (κ2) is 6.10. The molecule has 2 rings (SSSR count). The number of hydrogen-bond donors (Lipinski definition) is 1. The first-order valence-electron chi connectivity index (χ1n) is 6.97. The Morgan fingerprint density at radius 1 is 1.21 bits per heavy atom. The van der Waals surface area contributed by atoms with Gasteiger partial charge >= 0.3 is 12.2 Å². The number of amides is 2. The molecule has 0 unspecified atom stereocenters. The summed E-state index contributed by atoms with van der Waals surface area (Å²) in [6, 6.07) is -0.670. The van der Waals surface area contributed by atoms with Crippen LogP contribution < -0.4 is 10.2 Å². The summed E-state index contributed by atoms with van der Waals surface area (Å²) in [5, 5.41) is 6.14. The van der Waals surface area contributed by atoms with Gasteiger partial charge in [-0.2, -0.15) is 18.3 Å². The zero-order valence-corrected chi connectivity index (χ0v) is 13.6. The highest BCUT2D eigenvalue weighted by Crippen LogP contribution is 2.35. The molecule has 10 heteroatoms. The number of halogens is 3. The van der Waals surface area contributed by atoms with E-state index in [4.69, 9.17) is 0 Å². The van der Waals surface area contributed by atoms with Crippen LogP contribution in [0.1, 0.15) is 26.5 Å². The Hall–Kier alpha value is -2.65. The van der Waals surface area contributed by atoms with Gasteiger partial charge in [0.2, 0.25) is 0 Å². The van der Waals surface area contributed by atoms with Crippen LogP contribution in [-0.4, -0.2) is 38.4 Å². The number of alkyl halides is 3. The van der Waals surface area contributed by atoms with Gasteiger partial charge in [0.25, 0.3) is 0 Å². The second-order valence-electron chi connectivity index (χ2n) is 6.14. The molecule has 2 aromatic rings. The van der Waals surface area contributed by atoms with Gasteiger partial charge in [-0.1, -0.05) is 0 Å². The van der Waals surface area contributed by atoms with Gasteiger partial charge in [0.15, 0.2) is 5.69 Å². The molecule has 0 aliphatic rings. The summed E-state index contributed by atoms with van der Waals surface area (Å²) in [6.07, 6.45) is 0.288. The lowest BCUT2D eigenvalue weighted by Crippen LogP contribution is -2.47. The van der Waals surface area contributed by atoms with Gasteiger partial charge in [-0.05, 0) is 20.8 Å². The largest absolute Gasteiger partial charge is 0.437 e. The van der Waals surface area contributed by atoms with Crippen LogP contribution in [0.4, 0.5) is 23.7 Å². The Balaban J connectivity index is 2.45. The van der Waals surface area contributed by atoms with Crippen molar-refractivity contribution in [3.8, 4) is 5.69 Å². The van der Waals surface area contributed by atoms with Crippen molar-refractivity contribution in [2.24, 2.45) is 0 Å². The van der Waals surface area contributed by atoms with Crippen LogP contribution >= 0.6 is 0 Å². The molecule has 0 aliphatic carbocycles. The number of nitrogens with one attached hydrogen (secondary N) is 1. The molecule has 24 heavy (non-hydrogen) atoms. The van der Waals surface area contributed by atoms with E-state index >= 15 is 0 Å². The van der Waals surface area contributed by atoms with Gasteiger partial charge < -0.3 is 5.32 Å². The van der Waals surface area contributed by atoms with Crippen molar-refractivity contribution >= 4 is 11.7 Å². The molecule has 0 radical (unpaired) electrons. The van der Waals surface area contributed by atoms with E-state index in [1.54, 1.807) is 20.8 Å². The fourth-order valence-corrected chi connectivity index (χ4v) is 1.87. The molecule has 0 saturated heterocycles. The minimum Gasteiger partial charge on any atom is -0.333 e. The molecule has 0 fully saturated rings. The number of urea groups is 1. The lowest BCUT2D eigenvalue weighted by molar-refractivity contribution is -0.140. The quantitative estimate of drug-likeness (QED) is 0.910. The summed E-state index contributed by atoms with van der Waals surface area (Å²) < 4.78 is 40.8. The van der Waals surface area contributed by atoms with E-state index in [-0.39, 0.29) is 11.4 Å². The number of carbonyl (C=O) groups is 1. The Labute approximate surface area is 136 Å². The van der Waals surface area contributed by atoms with E-state index in [2.05, 4.69) is 20.4 Å². The van der Waals surface area contributed by atoms with Crippen molar-refractivity contribution in [1.29, 1.82) is 0 Å². The fraction of sp³-hybridized carbons (Fsp3) is 0.429. The SMILES string of the molecule is CN(C(=O)NC(C)(C)C)c1cn(-c2cncnc2)nc1C(F)(F)F. The fourth-order valence-electron chi connectivity index (χ4n) is 1.87. The highest BCUT2D eigenvalue weighted by atomic mass is 19.4. The van der Waals surface area contributed by atoms with E-state index in [1.807, 2.05) is 0 Å². The molecular formula is C14H17F3N6O. The van der Waals surface area contributed by atoms with Crippen LogP contribution in [0.5, 0.6) is 0 Å². The zero-order valence-electron chi connectivity index (χ0n) is 13.6. The molecule has 2 heterocycles. The second-order valence-corrected chi connectivity index (χ2v) is 6.14. The molecule has 7 nitrogen and oxygen atoms in total. The summed E-state index contributed by atoms with van der Waals surface area (Å²) in [7, 11) is 1.25. The summed E-state index contributed by atoms with van der Waals surface area (Å²) >= 11 is 0. The van der Waals surface area contributed by atoms with Crippen molar-refractivity contribution in [1.82, 2.24) is 25.1 Å². The van der Waals surface area contributed by atoms with E-state index < -0.39 is 23.4 Å². The van der Waals surface area contributed by atoms with Crippen LogP contribution in [0.15, 0.2) is 24.9 Å². The molecule has 0 spiro atoms. The Morgan fingerprint density at radius 2 is 1.79 bits per heavy atom. The molecule has 0 atom stereocenters. The Kier molecular flexibility index (Phi) is 4.50. The van der Waals surface area contributed by atoms with Gasteiger partial charge in [-0.15, -0.1) is 0 Å². The smallest absolute Gasteiger partial charge is 0.333 e. The summed E-state index contributed by atoms with van der Waals surface area (Å²) in [6.45, 7) is 5.19. The van der Waals surface area contributed by atoms with E-state index in [9.17, 15) is 18.0 Å². The average Bonchev–Trinajstić information content (AvgIpc) is 2.90. The molecule has 2 aromatic heterocycles. The minimum absolute atomic E-state index is 0.249. The van der Waals surface area contributed by atoms with E-state index in [0.29, 0.717) is 0 Å². The minimum atomic E-state index is -4.72. The number of anilines is 1. The highest BCUT2D eigenvalue weighted by Gasteiger charge is 2.39. The number of rotatable bonds is 2. The number of aromatic nitrogens is 4. The standard InChI is InChI=1S/C14H17F3N6O/c1-13(2,3)20-12(24)22(4)10-7-23(9-5-18-8-19-6-9)21-11(10)14(15,16)17/h5-8H,1-4H3,(H,20,24). The maximum Gasteiger partial charge on any atom is 0.437 e. The van der Waals surface area contributed by atoms with Crippen molar-refractivity contribution < 1.29 is 18.0 Å². The number of carbonyl (C=O) groups excluding carboxylic acids is 1. The first kappa shape index (κ1) is 17.7. The molecule has 1 N–H and O–H groups in total. The van der Waals surface area contributed by atoms with Crippen molar-refractivity contribution in [3.63, 3.8) is 0 Å². The van der Waals surface area contributed by atoms with Crippen molar-refractivity contribution in [2.75, 3.05) is 11.9 Å². The van der Waals surface area contributed by atoms with Gasteiger partial charge in [-0.25, -0.2) is 19.4 Å². The third kappa shape index (κ3) is 4.00. The first-order chi connectivity index (χ1) is 11.0. The van der Waals surface area contributed by atoms with Gasteiger partial charge in [0.05, 0.1) is 24.3 Å². The van der Waals surface area contributed by atoms with E-state index in [0.717, 1.165) is 15.8 Å². The van der Waals surface area contributed by atoms with Gasteiger partial charge in [0, 0.05) is 12.6 Å². The third-order valence-electron chi connectivity index (χ3n) is 2.92. The van der Waals surface area contributed by atoms with Crippen molar-refractivity contribution in [2.45, 2.75) is 32.5 Å². The Morgan fingerprint density at radius 3 is 2.29 bits per heavy atom. The zero-order chi connectivity index (χ0) is 18.1. The highest BCUT2D eigenvalue weighted by molar-refractivity contribution is 5.92. The van der Waals surface area contributed by atoms with Crippen molar-refractivity contribution in [3.05, 3.63) is 30.6 Å². The van der Waals surface area contributed by atoms with Crippen LogP contribution in [0.25, 0.3) is 5.69 Å². The first-order valence-corrected chi connectivity index (χ1v) is 6.97. The maximum absolute atomic E-state index is 13.3. The number of hydrogen-bond acceptors (Lipinski definition) is 4. The predicted molar refractivity (Wildman–Crippen MR) is 80.8 cm³/mol. The normalized spacial score (nSPS) is 12.1. The Bertz CT molecular complexity index is 720. The monoisotopic (exact) mass is 342 g/mol. The summed E-state index contributed by atoms with van der Waals surface area (Å²) in [5.74, 6) is 0. The van der Waals surface area contributed by atoms with E-state index in [1.165, 1.54) is 25.8 Å². The molecule has 0 aromatic carbocycles. The molecule has 0 bridgehead atoms. The third-order valence-corrected chi connectivity index (χ3v) is 2.92. The molecule has 0 aliphatic heterocycles. The molecule has 2 amide bonds. The van der Waals surface area contributed by atoms with Crippen LogP contribution in [0.3, 0.4) is 0 Å². The van der Waals surface area contributed by atoms with Gasteiger partial charge in [-0.3, -0.25) is 4.90 Å². The summed E-state index contributed by atoms with van der Waals surface area (Å²) in [5.41, 5.74) is -1.88. The van der Waals surface area contributed by atoms with Crippen LogP contribution in [-0.2, 0) is 6.18 Å². The van der Waals surface area contributed by atoms with Gasteiger partial charge in [0.1, 0.15) is 12.0 Å².